The summed E-state index contributed by atoms with van der Waals surface area (Å²) in [6, 6.07) is 0.314. The Morgan fingerprint density at radius 2 is 2.50 bits per heavy atom. The van der Waals surface area contributed by atoms with E-state index in [2.05, 4.69) is 12.2 Å². The molecule has 0 aliphatic carbocycles. The van der Waals surface area contributed by atoms with E-state index in [4.69, 9.17) is 5.73 Å². The van der Waals surface area contributed by atoms with Crippen LogP contribution >= 0.6 is 11.8 Å². The number of carbonyl (C=O) groups excluding carboxylic acids is 1. The first-order valence-electron chi connectivity index (χ1n) is 4.36. The number of nitrogens with one attached hydrogen (secondary N) is 1. The van der Waals surface area contributed by atoms with Crippen LogP contribution in [0.3, 0.4) is 0 Å². The fourth-order valence-electron chi connectivity index (χ4n) is 1.52. The monoisotopic (exact) mass is 188 g/mol. The van der Waals surface area contributed by atoms with Crippen molar-refractivity contribution in [3.8, 4) is 0 Å². The molecule has 1 saturated heterocycles. The molecule has 0 aromatic rings. The second-order valence-electron chi connectivity index (χ2n) is 3.04. The summed E-state index contributed by atoms with van der Waals surface area (Å²) in [6.45, 7) is 2.97. The first kappa shape index (κ1) is 9.86. The minimum absolute atomic E-state index is 0.0312. The van der Waals surface area contributed by atoms with Gasteiger partial charge in [0.2, 0.25) is 5.91 Å². The van der Waals surface area contributed by atoms with Crippen LogP contribution in [-0.4, -0.2) is 30.0 Å². The van der Waals surface area contributed by atoms with Gasteiger partial charge in [-0.2, -0.15) is 11.8 Å². The van der Waals surface area contributed by atoms with Gasteiger partial charge in [0.15, 0.2) is 0 Å². The van der Waals surface area contributed by atoms with Crippen LogP contribution in [0.15, 0.2) is 0 Å². The number of rotatable bonds is 3. The maximum atomic E-state index is 11.0. The molecule has 3 nitrogen and oxygen atoms in total. The van der Waals surface area contributed by atoms with Crippen LogP contribution in [0, 0.1) is 5.92 Å². The summed E-state index contributed by atoms with van der Waals surface area (Å²) in [7, 11) is 0. The fourth-order valence-corrected chi connectivity index (χ4v) is 2.76. The summed E-state index contributed by atoms with van der Waals surface area (Å²) in [4.78, 5) is 11.0. The predicted molar refractivity (Wildman–Crippen MR) is 52.1 cm³/mol. The Bertz CT molecular complexity index is 161. The Hall–Kier alpha value is -0.220. The van der Waals surface area contributed by atoms with Gasteiger partial charge in [0, 0.05) is 11.8 Å². The molecule has 0 aromatic carbocycles. The molecule has 4 heteroatoms. The quantitative estimate of drug-likeness (QED) is 0.665. The summed E-state index contributed by atoms with van der Waals surface area (Å²) in [6.07, 6.45) is 1.06. The van der Waals surface area contributed by atoms with E-state index in [1.807, 2.05) is 11.8 Å². The van der Waals surface area contributed by atoms with Gasteiger partial charge in [0.1, 0.15) is 0 Å². The maximum Gasteiger partial charge on any atom is 0.222 e. The van der Waals surface area contributed by atoms with Crippen LogP contribution in [0.4, 0.5) is 0 Å². The van der Waals surface area contributed by atoms with Crippen molar-refractivity contribution in [3.63, 3.8) is 0 Å². The van der Waals surface area contributed by atoms with Crippen molar-refractivity contribution in [1.82, 2.24) is 5.32 Å². The Morgan fingerprint density at radius 1 is 1.75 bits per heavy atom. The molecule has 0 saturated carbocycles. The molecule has 1 aliphatic rings. The van der Waals surface area contributed by atoms with Gasteiger partial charge in [-0.25, -0.2) is 0 Å². The molecule has 0 aromatic heterocycles. The summed E-state index contributed by atoms with van der Waals surface area (Å²) in [5, 5.41) is 3.30. The predicted octanol–water partition coefficient (Wildman–Crippen LogP) is 0.203. The van der Waals surface area contributed by atoms with Crippen LogP contribution in [0.2, 0.25) is 0 Å². The number of carbonyl (C=O) groups is 1. The van der Waals surface area contributed by atoms with Crippen LogP contribution in [0.5, 0.6) is 0 Å². The first-order valence-corrected chi connectivity index (χ1v) is 5.51. The third-order valence-corrected chi connectivity index (χ3v) is 3.31. The van der Waals surface area contributed by atoms with Crippen molar-refractivity contribution in [1.29, 1.82) is 0 Å². The zero-order chi connectivity index (χ0) is 8.97. The summed E-state index contributed by atoms with van der Waals surface area (Å²) < 4.78 is 0. The molecule has 2 unspecified atom stereocenters. The van der Waals surface area contributed by atoms with Crippen molar-refractivity contribution < 1.29 is 4.79 Å². The standard InChI is InChI=1S/C8H16N2OS/c1-2-10-7-3-4-12-5-6(7)8(9)11/h6-7,10H,2-5H2,1H3,(H2,9,11). The number of hydrogen-bond acceptors (Lipinski definition) is 3. The average Bonchev–Trinajstić information content (AvgIpc) is 2.05. The number of primary amides is 1. The highest BCUT2D eigenvalue weighted by Crippen LogP contribution is 2.22. The van der Waals surface area contributed by atoms with Crippen molar-refractivity contribution >= 4 is 17.7 Å². The molecule has 0 bridgehead atoms. The zero-order valence-electron chi connectivity index (χ0n) is 7.38. The highest BCUT2D eigenvalue weighted by molar-refractivity contribution is 7.99. The Labute approximate surface area is 77.5 Å². The molecule has 1 amide bonds. The third-order valence-electron chi connectivity index (χ3n) is 2.19. The van der Waals surface area contributed by atoms with Gasteiger partial charge in [-0.05, 0) is 18.7 Å². The number of hydrogen-bond donors (Lipinski definition) is 2. The van der Waals surface area contributed by atoms with E-state index < -0.39 is 0 Å². The van der Waals surface area contributed by atoms with Crippen molar-refractivity contribution in [3.05, 3.63) is 0 Å². The second kappa shape index (κ2) is 4.72. The van der Waals surface area contributed by atoms with E-state index in [0.29, 0.717) is 6.04 Å². The number of amides is 1. The molecule has 0 spiro atoms. The summed E-state index contributed by atoms with van der Waals surface area (Å²) >= 11 is 1.82. The lowest BCUT2D eigenvalue weighted by molar-refractivity contribution is -0.122. The van der Waals surface area contributed by atoms with Gasteiger partial charge in [-0.15, -0.1) is 0 Å². The van der Waals surface area contributed by atoms with E-state index in [9.17, 15) is 4.79 Å². The molecule has 3 N–H and O–H groups in total. The highest BCUT2D eigenvalue weighted by Gasteiger charge is 2.28. The number of thioether (sulfide) groups is 1. The normalized spacial score (nSPS) is 30.1. The molecule has 1 heterocycles. The van der Waals surface area contributed by atoms with E-state index in [1.54, 1.807) is 0 Å². The van der Waals surface area contributed by atoms with E-state index in [-0.39, 0.29) is 11.8 Å². The Kier molecular flexibility index (Phi) is 3.88. The summed E-state index contributed by atoms with van der Waals surface area (Å²) in [5.74, 6) is 1.89. The van der Waals surface area contributed by atoms with E-state index in [1.165, 1.54) is 0 Å². The lowest BCUT2D eigenvalue weighted by atomic mass is 9.98. The Balaban J connectivity index is 2.48. The number of nitrogens with two attached hydrogens (primary N) is 1. The Morgan fingerprint density at radius 3 is 3.08 bits per heavy atom. The molecule has 1 fully saturated rings. The first-order chi connectivity index (χ1) is 5.75. The molecule has 70 valence electrons. The highest BCUT2D eigenvalue weighted by atomic mass is 32.2. The smallest absolute Gasteiger partial charge is 0.222 e. The SMILES string of the molecule is CCNC1CCSCC1C(N)=O. The van der Waals surface area contributed by atoms with Crippen molar-refractivity contribution in [2.24, 2.45) is 11.7 Å². The van der Waals surface area contributed by atoms with Crippen molar-refractivity contribution in [2.45, 2.75) is 19.4 Å². The zero-order valence-corrected chi connectivity index (χ0v) is 8.19. The van der Waals surface area contributed by atoms with Gasteiger partial charge in [-0.3, -0.25) is 4.79 Å². The van der Waals surface area contributed by atoms with Gasteiger partial charge in [-0.1, -0.05) is 6.92 Å². The second-order valence-corrected chi connectivity index (χ2v) is 4.19. The minimum atomic E-state index is -0.159. The lowest BCUT2D eigenvalue weighted by Gasteiger charge is -2.29. The van der Waals surface area contributed by atoms with E-state index >= 15 is 0 Å². The molecular weight excluding hydrogens is 172 g/mol. The van der Waals surface area contributed by atoms with Crippen LogP contribution in [-0.2, 0) is 4.79 Å². The van der Waals surface area contributed by atoms with Crippen molar-refractivity contribution in [2.75, 3.05) is 18.1 Å². The maximum absolute atomic E-state index is 11.0. The molecule has 12 heavy (non-hydrogen) atoms. The lowest BCUT2D eigenvalue weighted by Crippen LogP contribution is -2.46. The average molecular weight is 188 g/mol. The van der Waals surface area contributed by atoms with Crippen LogP contribution < -0.4 is 11.1 Å². The molecular formula is C8H16N2OS. The molecule has 1 aliphatic heterocycles. The van der Waals surface area contributed by atoms with Gasteiger partial charge in [0.25, 0.3) is 0 Å². The molecule has 0 radical (unpaired) electrons. The summed E-state index contributed by atoms with van der Waals surface area (Å²) in [5.41, 5.74) is 5.30. The van der Waals surface area contributed by atoms with Gasteiger partial charge in [0.05, 0.1) is 5.92 Å². The fraction of sp³-hybridized carbons (Fsp3) is 0.875. The molecule has 1 rings (SSSR count). The van der Waals surface area contributed by atoms with Gasteiger partial charge >= 0.3 is 0 Å². The van der Waals surface area contributed by atoms with Crippen LogP contribution in [0.25, 0.3) is 0 Å². The third kappa shape index (κ3) is 2.38. The largest absolute Gasteiger partial charge is 0.369 e. The molecule has 2 atom stereocenters. The van der Waals surface area contributed by atoms with E-state index in [0.717, 1.165) is 24.5 Å². The minimum Gasteiger partial charge on any atom is -0.369 e. The van der Waals surface area contributed by atoms with Crippen LogP contribution in [0.1, 0.15) is 13.3 Å². The topological polar surface area (TPSA) is 55.1 Å². The van der Waals surface area contributed by atoms with Gasteiger partial charge < -0.3 is 11.1 Å².